The fourth-order valence-corrected chi connectivity index (χ4v) is 3.93. The number of piperazine rings is 1. The van der Waals surface area contributed by atoms with Crippen LogP contribution in [0.2, 0.25) is 19.6 Å². The molecule has 8 heteroatoms. The van der Waals surface area contributed by atoms with E-state index in [1.54, 1.807) is 6.92 Å². The molecule has 1 aliphatic rings. The Morgan fingerprint density at radius 1 is 1.15 bits per heavy atom. The van der Waals surface area contributed by atoms with Gasteiger partial charge in [-0.15, -0.1) is 0 Å². The number of carbonyl (C=O) groups is 4. The zero-order valence-electron chi connectivity index (χ0n) is 15.6. The molecule has 1 N–H and O–H groups in total. The lowest BCUT2D eigenvalue weighted by atomic mass is 10.1. The van der Waals surface area contributed by atoms with E-state index < -0.39 is 32.0 Å². The third kappa shape index (κ3) is 4.19. The molecule has 1 atom stereocenters. The first-order chi connectivity index (χ1) is 12.2. The lowest BCUT2D eigenvalue weighted by Gasteiger charge is -2.32. The maximum absolute atomic E-state index is 12.4. The van der Waals surface area contributed by atoms with Crippen LogP contribution in [-0.4, -0.2) is 61.6 Å². The number of nitrogens with one attached hydrogen (secondary N) is 1. The summed E-state index contributed by atoms with van der Waals surface area (Å²) in [5, 5.41) is 3.78. The monoisotopic (exact) mass is 375 g/mol. The van der Waals surface area contributed by atoms with Crippen LogP contribution in [-0.2, 0) is 14.4 Å². The zero-order valence-corrected chi connectivity index (χ0v) is 16.6. The van der Waals surface area contributed by atoms with Crippen LogP contribution in [0.3, 0.4) is 0 Å². The van der Waals surface area contributed by atoms with E-state index in [0.29, 0.717) is 24.9 Å². The SMILES string of the molecule is CCN1CCN(C(=O)NC(C=O)c2ccc([Si](C)(C)C)cc2)C(=O)C1=O. The van der Waals surface area contributed by atoms with Gasteiger partial charge in [-0.3, -0.25) is 14.5 Å². The second-order valence-electron chi connectivity index (χ2n) is 7.28. The van der Waals surface area contributed by atoms with E-state index in [9.17, 15) is 19.2 Å². The molecular formula is C18H25N3O4Si. The number of amides is 4. The Kier molecular flexibility index (Phi) is 5.96. The van der Waals surface area contributed by atoms with Gasteiger partial charge in [0.1, 0.15) is 12.3 Å². The quantitative estimate of drug-likeness (QED) is 0.470. The van der Waals surface area contributed by atoms with Gasteiger partial charge in [0.25, 0.3) is 0 Å². The molecule has 0 aliphatic carbocycles. The third-order valence-corrected chi connectivity index (χ3v) is 6.55. The molecule has 2 rings (SSSR count). The van der Waals surface area contributed by atoms with Gasteiger partial charge < -0.3 is 15.0 Å². The van der Waals surface area contributed by atoms with Crippen molar-refractivity contribution in [1.29, 1.82) is 0 Å². The Bertz CT molecular complexity index is 712. The minimum atomic E-state index is -1.46. The fourth-order valence-electron chi connectivity index (χ4n) is 2.77. The van der Waals surface area contributed by atoms with Crippen LogP contribution in [0.25, 0.3) is 0 Å². The van der Waals surface area contributed by atoms with E-state index in [-0.39, 0.29) is 6.54 Å². The summed E-state index contributed by atoms with van der Waals surface area (Å²) in [6, 6.07) is 5.97. The average Bonchev–Trinajstić information content (AvgIpc) is 2.61. The number of aldehydes is 1. The number of urea groups is 1. The Hall–Kier alpha value is -2.48. The van der Waals surface area contributed by atoms with E-state index >= 15 is 0 Å². The molecule has 1 aromatic rings. The molecule has 7 nitrogen and oxygen atoms in total. The van der Waals surface area contributed by atoms with E-state index in [4.69, 9.17) is 0 Å². The maximum Gasteiger partial charge on any atom is 0.325 e. The predicted octanol–water partition coefficient (Wildman–Crippen LogP) is 0.872. The first kappa shape index (κ1) is 19.8. The van der Waals surface area contributed by atoms with Crippen molar-refractivity contribution in [3.8, 4) is 0 Å². The lowest BCUT2D eigenvalue weighted by molar-refractivity contribution is -0.153. The third-order valence-electron chi connectivity index (χ3n) is 4.49. The van der Waals surface area contributed by atoms with E-state index in [1.165, 1.54) is 10.1 Å². The summed E-state index contributed by atoms with van der Waals surface area (Å²) in [6.45, 7) is 9.27. The Balaban J connectivity index is 2.10. The largest absolute Gasteiger partial charge is 0.333 e. The van der Waals surface area contributed by atoms with Crippen LogP contribution in [0.1, 0.15) is 18.5 Å². The fraction of sp³-hybridized carbons (Fsp3) is 0.444. The number of carbonyl (C=O) groups excluding carboxylic acids is 4. The zero-order chi connectivity index (χ0) is 19.5. The average molecular weight is 376 g/mol. The Morgan fingerprint density at radius 3 is 2.27 bits per heavy atom. The Labute approximate surface area is 154 Å². The van der Waals surface area contributed by atoms with Gasteiger partial charge in [-0.05, 0) is 12.5 Å². The number of imide groups is 1. The molecule has 0 saturated carbocycles. The molecule has 1 saturated heterocycles. The summed E-state index contributed by atoms with van der Waals surface area (Å²) < 4.78 is 0. The van der Waals surface area contributed by atoms with Crippen molar-refractivity contribution in [3.05, 3.63) is 29.8 Å². The summed E-state index contributed by atoms with van der Waals surface area (Å²) >= 11 is 0. The number of rotatable bonds is 5. The van der Waals surface area contributed by atoms with Crippen LogP contribution >= 0.6 is 0 Å². The topological polar surface area (TPSA) is 86.8 Å². The highest BCUT2D eigenvalue weighted by Crippen LogP contribution is 2.13. The van der Waals surface area contributed by atoms with Crippen molar-refractivity contribution in [3.63, 3.8) is 0 Å². The molecule has 0 aromatic heterocycles. The number of likely N-dealkylation sites (N-methyl/N-ethyl adjacent to an activating group) is 1. The van der Waals surface area contributed by atoms with Gasteiger partial charge in [-0.1, -0.05) is 49.1 Å². The molecular weight excluding hydrogens is 350 g/mol. The molecule has 1 fully saturated rings. The Morgan fingerprint density at radius 2 is 1.77 bits per heavy atom. The highest BCUT2D eigenvalue weighted by Gasteiger charge is 2.36. The van der Waals surface area contributed by atoms with Crippen LogP contribution in [0.15, 0.2) is 24.3 Å². The molecule has 0 bridgehead atoms. The van der Waals surface area contributed by atoms with Crippen molar-refractivity contribution in [2.24, 2.45) is 0 Å². The molecule has 26 heavy (non-hydrogen) atoms. The van der Waals surface area contributed by atoms with Gasteiger partial charge in [0.2, 0.25) is 0 Å². The molecule has 1 heterocycles. The second-order valence-corrected chi connectivity index (χ2v) is 12.4. The van der Waals surface area contributed by atoms with E-state index in [1.807, 2.05) is 24.3 Å². The summed E-state index contributed by atoms with van der Waals surface area (Å²) in [5.41, 5.74) is 0.640. The first-order valence-corrected chi connectivity index (χ1v) is 12.2. The summed E-state index contributed by atoms with van der Waals surface area (Å²) in [6.07, 6.45) is 0.621. The number of benzene rings is 1. The van der Waals surface area contributed by atoms with Crippen LogP contribution in [0.5, 0.6) is 0 Å². The molecule has 4 amide bonds. The van der Waals surface area contributed by atoms with Crippen LogP contribution in [0.4, 0.5) is 4.79 Å². The van der Waals surface area contributed by atoms with Gasteiger partial charge in [0.05, 0.1) is 8.07 Å². The predicted molar refractivity (Wildman–Crippen MR) is 101 cm³/mol. The highest BCUT2D eigenvalue weighted by molar-refractivity contribution is 6.88. The standard InChI is InChI=1S/C18H25N3O4Si/c1-5-20-10-11-21(17(24)16(20)23)18(25)19-15(12-22)13-6-8-14(9-7-13)26(2,3)4/h6-9,12,15H,5,10-11H2,1-4H3,(H,19,25). The summed E-state index contributed by atoms with van der Waals surface area (Å²) in [5.74, 6) is -1.56. The molecule has 0 radical (unpaired) electrons. The minimum Gasteiger partial charge on any atom is -0.333 e. The minimum absolute atomic E-state index is 0.115. The summed E-state index contributed by atoms with van der Waals surface area (Å²) in [7, 11) is -1.46. The van der Waals surface area contributed by atoms with Gasteiger partial charge in [-0.25, -0.2) is 4.79 Å². The van der Waals surface area contributed by atoms with Crippen molar-refractivity contribution in [2.75, 3.05) is 19.6 Å². The van der Waals surface area contributed by atoms with Crippen molar-refractivity contribution in [1.82, 2.24) is 15.1 Å². The second kappa shape index (κ2) is 7.82. The molecule has 1 aromatic carbocycles. The van der Waals surface area contributed by atoms with Crippen molar-refractivity contribution >= 4 is 37.4 Å². The van der Waals surface area contributed by atoms with Gasteiger partial charge in [0, 0.05) is 19.6 Å². The first-order valence-electron chi connectivity index (χ1n) is 8.66. The molecule has 1 unspecified atom stereocenters. The van der Waals surface area contributed by atoms with E-state index in [2.05, 4.69) is 25.0 Å². The van der Waals surface area contributed by atoms with Gasteiger partial charge in [0.15, 0.2) is 0 Å². The highest BCUT2D eigenvalue weighted by atomic mass is 28.3. The molecule has 0 spiro atoms. The number of hydrogen-bond donors (Lipinski definition) is 1. The lowest BCUT2D eigenvalue weighted by Crippen LogP contribution is -2.58. The number of hydrogen-bond acceptors (Lipinski definition) is 4. The van der Waals surface area contributed by atoms with Crippen molar-refractivity contribution < 1.29 is 19.2 Å². The summed E-state index contributed by atoms with van der Waals surface area (Å²) in [4.78, 5) is 50.1. The normalized spacial score (nSPS) is 16.5. The van der Waals surface area contributed by atoms with Crippen LogP contribution in [0, 0.1) is 0 Å². The molecule has 1 aliphatic heterocycles. The van der Waals surface area contributed by atoms with Gasteiger partial charge >= 0.3 is 17.8 Å². The van der Waals surface area contributed by atoms with Crippen molar-refractivity contribution in [2.45, 2.75) is 32.6 Å². The van der Waals surface area contributed by atoms with Crippen LogP contribution < -0.4 is 10.5 Å². The number of nitrogens with zero attached hydrogens (tertiary/aromatic N) is 2. The molecule has 140 valence electrons. The maximum atomic E-state index is 12.4. The van der Waals surface area contributed by atoms with Gasteiger partial charge in [-0.2, -0.15) is 0 Å². The smallest absolute Gasteiger partial charge is 0.325 e. The van der Waals surface area contributed by atoms with E-state index in [0.717, 1.165) is 4.90 Å².